The van der Waals surface area contributed by atoms with Crippen LogP contribution in [0.4, 0.5) is 5.69 Å². The van der Waals surface area contributed by atoms with Crippen molar-refractivity contribution in [3.63, 3.8) is 0 Å². The zero-order valence-corrected chi connectivity index (χ0v) is 16.6. The average Bonchev–Trinajstić information content (AvgIpc) is 3.25. The second-order valence-electron chi connectivity index (χ2n) is 7.36. The lowest BCUT2D eigenvalue weighted by Crippen LogP contribution is -2.55. The van der Waals surface area contributed by atoms with E-state index in [1.165, 1.54) is 17.9 Å². The lowest BCUT2D eigenvalue weighted by atomic mass is 10.0. The number of hydrogen-bond acceptors (Lipinski definition) is 5. The molecule has 0 spiro atoms. The first-order valence-corrected chi connectivity index (χ1v) is 9.71. The Labute approximate surface area is 169 Å². The number of anilines is 1. The topological polar surface area (TPSA) is 104 Å². The Hall–Kier alpha value is -3.29. The Kier molecular flexibility index (Phi) is 6.54. The number of carbonyl (C=O) groups is 3. The minimum Gasteiger partial charge on any atom is -0.459 e. The molecule has 0 radical (unpaired) electrons. The summed E-state index contributed by atoms with van der Waals surface area (Å²) in [5, 5.41) is 2.63. The number of fused-ring (bicyclic) bond motifs is 1. The molecule has 1 aliphatic rings. The zero-order chi connectivity index (χ0) is 20.8. The summed E-state index contributed by atoms with van der Waals surface area (Å²) in [7, 11) is 0. The number of aryl methyl sites for hydroxylation is 1. The van der Waals surface area contributed by atoms with E-state index in [-0.39, 0.29) is 24.1 Å². The fourth-order valence-electron chi connectivity index (χ4n) is 3.35. The summed E-state index contributed by atoms with van der Waals surface area (Å²) in [6, 6.07) is 10.3. The fraction of sp³-hybridized carbons (Fsp3) is 0.381. The molecule has 1 aromatic heterocycles. The summed E-state index contributed by atoms with van der Waals surface area (Å²) < 4.78 is 5.05. The van der Waals surface area contributed by atoms with Crippen LogP contribution in [0.15, 0.2) is 47.1 Å². The molecule has 1 atom stereocenters. The Morgan fingerprint density at radius 3 is 2.62 bits per heavy atom. The summed E-state index contributed by atoms with van der Waals surface area (Å²) >= 11 is 0. The molecule has 8 nitrogen and oxygen atoms in total. The second-order valence-corrected chi connectivity index (χ2v) is 7.36. The maximum Gasteiger partial charge on any atom is 0.287 e. The lowest BCUT2D eigenvalue weighted by Gasteiger charge is -2.30. The molecule has 3 amide bonds. The van der Waals surface area contributed by atoms with Crippen molar-refractivity contribution < 1.29 is 18.8 Å². The molecule has 2 aromatic rings. The van der Waals surface area contributed by atoms with Crippen LogP contribution in [0.5, 0.6) is 0 Å². The van der Waals surface area contributed by atoms with Crippen molar-refractivity contribution in [2.24, 2.45) is 5.92 Å². The van der Waals surface area contributed by atoms with E-state index < -0.39 is 17.9 Å². The Morgan fingerprint density at radius 2 is 1.90 bits per heavy atom. The molecule has 0 unspecified atom stereocenters. The molecule has 3 N–H and O–H groups in total. The third kappa shape index (κ3) is 5.16. The molecule has 29 heavy (non-hydrogen) atoms. The highest BCUT2D eigenvalue weighted by Gasteiger charge is 2.26. The Morgan fingerprint density at radius 1 is 1.10 bits per heavy atom. The molecule has 8 heteroatoms. The second kappa shape index (κ2) is 9.27. The van der Waals surface area contributed by atoms with Gasteiger partial charge in [0.1, 0.15) is 6.04 Å². The normalized spacial score (nSPS) is 14.1. The number of hydrazine groups is 1. The number of furan rings is 1. The highest BCUT2D eigenvalue weighted by molar-refractivity contribution is 5.96. The standard InChI is InChI=1S/C21H26N4O4/c1-14(2)19(22-20(27)17-10-6-12-29-17)21(28)24-23-18(26)13-25-11-5-8-15-7-3-4-9-16(15)25/h3-4,6-7,9-10,12,14,19H,5,8,11,13H2,1-2H3,(H,22,27)(H,23,26)(H,24,28)/t19-/m0/s1. The first kappa shape index (κ1) is 20.4. The highest BCUT2D eigenvalue weighted by Crippen LogP contribution is 2.26. The van der Waals surface area contributed by atoms with E-state index in [9.17, 15) is 14.4 Å². The van der Waals surface area contributed by atoms with Crippen molar-refractivity contribution in [2.75, 3.05) is 18.0 Å². The summed E-state index contributed by atoms with van der Waals surface area (Å²) in [6.07, 6.45) is 3.36. The van der Waals surface area contributed by atoms with Crippen molar-refractivity contribution in [3.05, 3.63) is 54.0 Å². The molecule has 1 aromatic carbocycles. The van der Waals surface area contributed by atoms with E-state index in [2.05, 4.69) is 22.2 Å². The van der Waals surface area contributed by atoms with Gasteiger partial charge in [-0.25, -0.2) is 0 Å². The third-order valence-corrected chi connectivity index (χ3v) is 4.85. The molecule has 2 heterocycles. The first-order chi connectivity index (χ1) is 14.0. The zero-order valence-electron chi connectivity index (χ0n) is 16.6. The SMILES string of the molecule is CC(C)[C@H](NC(=O)c1ccco1)C(=O)NNC(=O)CN1CCCc2ccccc21. The largest absolute Gasteiger partial charge is 0.459 e. The third-order valence-electron chi connectivity index (χ3n) is 4.85. The lowest BCUT2D eigenvalue weighted by molar-refractivity contribution is -0.130. The van der Waals surface area contributed by atoms with Crippen LogP contribution in [0, 0.1) is 5.92 Å². The number of nitrogens with zero attached hydrogens (tertiary/aromatic N) is 1. The molecule has 3 rings (SSSR count). The van der Waals surface area contributed by atoms with Crippen LogP contribution in [-0.4, -0.2) is 36.9 Å². The van der Waals surface area contributed by atoms with Crippen molar-refractivity contribution in [1.29, 1.82) is 0 Å². The minimum absolute atomic E-state index is 0.122. The molecule has 0 fully saturated rings. The van der Waals surface area contributed by atoms with Crippen LogP contribution < -0.4 is 21.1 Å². The molecule has 154 valence electrons. The van der Waals surface area contributed by atoms with E-state index >= 15 is 0 Å². The predicted octanol–water partition coefficient (Wildman–Crippen LogP) is 1.63. The first-order valence-electron chi connectivity index (χ1n) is 9.71. The summed E-state index contributed by atoms with van der Waals surface area (Å²) in [5.41, 5.74) is 7.13. The van der Waals surface area contributed by atoms with Crippen LogP contribution in [0.2, 0.25) is 0 Å². The molecule has 0 bridgehead atoms. The number of nitrogens with one attached hydrogen (secondary N) is 3. The van der Waals surface area contributed by atoms with Gasteiger partial charge < -0.3 is 14.6 Å². The van der Waals surface area contributed by atoms with Gasteiger partial charge in [-0.3, -0.25) is 25.2 Å². The van der Waals surface area contributed by atoms with Gasteiger partial charge in [0.25, 0.3) is 17.7 Å². The summed E-state index contributed by atoms with van der Waals surface area (Å²) in [5.74, 6) is -1.36. The smallest absolute Gasteiger partial charge is 0.287 e. The maximum atomic E-state index is 12.5. The van der Waals surface area contributed by atoms with Gasteiger partial charge in [0.05, 0.1) is 12.8 Å². The summed E-state index contributed by atoms with van der Waals surface area (Å²) in [6.45, 7) is 4.53. The van der Waals surface area contributed by atoms with Crippen LogP contribution in [0.1, 0.15) is 36.4 Å². The molecule has 0 saturated carbocycles. The molecule has 0 aliphatic carbocycles. The van der Waals surface area contributed by atoms with E-state index in [0.29, 0.717) is 0 Å². The van der Waals surface area contributed by atoms with Gasteiger partial charge in [-0.2, -0.15) is 0 Å². The van der Waals surface area contributed by atoms with E-state index in [1.807, 2.05) is 23.1 Å². The van der Waals surface area contributed by atoms with E-state index in [1.54, 1.807) is 19.9 Å². The van der Waals surface area contributed by atoms with Gasteiger partial charge in [0.15, 0.2) is 5.76 Å². The minimum atomic E-state index is -0.816. The van der Waals surface area contributed by atoms with Crippen molar-refractivity contribution in [3.8, 4) is 0 Å². The van der Waals surface area contributed by atoms with Crippen molar-refractivity contribution >= 4 is 23.4 Å². The predicted molar refractivity (Wildman–Crippen MR) is 108 cm³/mol. The number of para-hydroxylation sites is 1. The fourth-order valence-corrected chi connectivity index (χ4v) is 3.35. The van der Waals surface area contributed by atoms with Crippen LogP contribution in [0.25, 0.3) is 0 Å². The van der Waals surface area contributed by atoms with Crippen LogP contribution in [0.3, 0.4) is 0 Å². The molecular weight excluding hydrogens is 372 g/mol. The number of carbonyl (C=O) groups excluding carboxylic acids is 3. The van der Waals surface area contributed by atoms with Gasteiger partial charge in [-0.1, -0.05) is 32.0 Å². The number of amides is 3. The van der Waals surface area contributed by atoms with Gasteiger partial charge in [0.2, 0.25) is 0 Å². The Balaban J connectivity index is 1.53. The van der Waals surface area contributed by atoms with Gasteiger partial charge in [-0.05, 0) is 42.5 Å². The maximum absolute atomic E-state index is 12.5. The molecule has 1 aliphatic heterocycles. The summed E-state index contributed by atoms with van der Waals surface area (Å²) in [4.78, 5) is 39.0. The number of benzene rings is 1. The van der Waals surface area contributed by atoms with E-state index in [0.717, 1.165) is 25.1 Å². The van der Waals surface area contributed by atoms with Crippen molar-refractivity contribution in [2.45, 2.75) is 32.7 Å². The van der Waals surface area contributed by atoms with E-state index in [4.69, 9.17) is 4.42 Å². The number of rotatable bonds is 6. The molecule has 0 saturated heterocycles. The number of hydrogen-bond donors (Lipinski definition) is 3. The van der Waals surface area contributed by atoms with Crippen LogP contribution in [-0.2, 0) is 16.0 Å². The quantitative estimate of drug-likeness (QED) is 0.642. The van der Waals surface area contributed by atoms with Gasteiger partial charge in [0, 0.05) is 12.2 Å². The van der Waals surface area contributed by atoms with Gasteiger partial charge in [-0.15, -0.1) is 0 Å². The van der Waals surface area contributed by atoms with Gasteiger partial charge >= 0.3 is 0 Å². The highest BCUT2D eigenvalue weighted by atomic mass is 16.3. The monoisotopic (exact) mass is 398 g/mol. The Bertz CT molecular complexity index is 863. The van der Waals surface area contributed by atoms with Crippen molar-refractivity contribution in [1.82, 2.24) is 16.2 Å². The van der Waals surface area contributed by atoms with Crippen LogP contribution >= 0.6 is 0 Å². The average molecular weight is 398 g/mol. The molecular formula is C21H26N4O4.